The van der Waals surface area contributed by atoms with Gasteiger partial charge in [-0.05, 0) is 30.4 Å². The molecule has 0 bridgehead atoms. The fourth-order valence-electron chi connectivity index (χ4n) is 4.18. The number of carbonyl (C=O) groups is 2. The van der Waals surface area contributed by atoms with Gasteiger partial charge in [0, 0.05) is 16.0 Å². The lowest BCUT2D eigenvalue weighted by atomic mass is 9.78. The van der Waals surface area contributed by atoms with E-state index in [4.69, 9.17) is 11.6 Å². The highest BCUT2D eigenvalue weighted by atomic mass is 35.5. The molecule has 8 heteroatoms. The van der Waals surface area contributed by atoms with Gasteiger partial charge in [-0.15, -0.1) is 11.3 Å². The van der Waals surface area contributed by atoms with Gasteiger partial charge in [-0.3, -0.25) is 14.5 Å². The van der Waals surface area contributed by atoms with Gasteiger partial charge in [-0.25, -0.2) is 9.37 Å². The Hall–Kier alpha value is -2.77. The maximum absolute atomic E-state index is 14.9. The number of alkyl halides is 1. The van der Waals surface area contributed by atoms with Crippen molar-refractivity contribution in [2.45, 2.75) is 31.4 Å². The molecule has 1 fully saturated rings. The van der Waals surface area contributed by atoms with E-state index in [2.05, 4.69) is 4.98 Å². The topological polar surface area (TPSA) is 70.5 Å². The van der Waals surface area contributed by atoms with Gasteiger partial charge in [0.1, 0.15) is 6.17 Å². The molecule has 166 valence electrons. The summed E-state index contributed by atoms with van der Waals surface area (Å²) < 4.78 is 14.9. The molecule has 4 rings (SSSR count). The normalized spacial score (nSPS) is 21.8. The molecule has 1 amide bonds. The minimum absolute atomic E-state index is 0.147. The number of nitrogens with zero attached hydrogens (tertiary/aromatic N) is 2. The van der Waals surface area contributed by atoms with E-state index in [1.807, 2.05) is 48.5 Å². The fourth-order valence-corrected chi connectivity index (χ4v) is 5.26. The largest absolute Gasteiger partial charge is 0.481 e. The number of thiazole rings is 1. The summed E-state index contributed by atoms with van der Waals surface area (Å²) in [7, 11) is 0. The van der Waals surface area contributed by atoms with Crippen molar-refractivity contribution in [2.24, 2.45) is 5.92 Å². The van der Waals surface area contributed by atoms with Gasteiger partial charge < -0.3 is 5.11 Å². The van der Waals surface area contributed by atoms with E-state index in [1.165, 1.54) is 16.2 Å². The summed E-state index contributed by atoms with van der Waals surface area (Å²) in [4.78, 5) is 31.1. The van der Waals surface area contributed by atoms with Crippen LogP contribution in [0.4, 0.5) is 9.52 Å². The van der Waals surface area contributed by atoms with Crippen molar-refractivity contribution in [1.82, 2.24) is 4.98 Å². The monoisotopic (exact) mass is 472 g/mol. The average Bonchev–Trinajstić information content (AvgIpc) is 3.26. The summed E-state index contributed by atoms with van der Waals surface area (Å²) in [6, 6.07) is 16.5. The van der Waals surface area contributed by atoms with Crippen molar-refractivity contribution in [2.75, 3.05) is 11.4 Å². The number of benzene rings is 2. The predicted molar refractivity (Wildman–Crippen MR) is 124 cm³/mol. The number of carboxylic acids is 1. The number of anilines is 1. The molecule has 2 heterocycles. The Bertz CT molecular complexity index is 1110. The zero-order valence-corrected chi connectivity index (χ0v) is 18.7. The first-order valence-electron chi connectivity index (χ1n) is 10.4. The molecule has 3 aromatic rings. The SMILES string of the molecule is O=C(O)CC1C(=O)N(c2nc(-c3ccccc3Cl)cs2)CC(F)CCC1c1ccccc1. The first-order valence-corrected chi connectivity index (χ1v) is 11.6. The van der Waals surface area contributed by atoms with E-state index in [0.717, 1.165) is 11.1 Å². The Kier molecular flexibility index (Phi) is 6.86. The van der Waals surface area contributed by atoms with Crippen LogP contribution >= 0.6 is 22.9 Å². The van der Waals surface area contributed by atoms with Crippen molar-refractivity contribution in [3.63, 3.8) is 0 Å². The molecule has 1 aliphatic heterocycles. The van der Waals surface area contributed by atoms with Gasteiger partial charge in [0.2, 0.25) is 5.91 Å². The maximum atomic E-state index is 14.9. The molecule has 1 N–H and O–H groups in total. The summed E-state index contributed by atoms with van der Waals surface area (Å²) in [6.07, 6.45) is -0.911. The first-order chi connectivity index (χ1) is 15.4. The van der Waals surface area contributed by atoms with Crippen LogP contribution in [-0.4, -0.2) is 34.7 Å². The molecule has 3 unspecified atom stereocenters. The quantitative estimate of drug-likeness (QED) is 0.509. The van der Waals surface area contributed by atoms with E-state index in [9.17, 15) is 19.1 Å². The number of carboxylic acid groups (broad SMARTS) is 1. The Labute approximate surface area is 194 Å². The van der Waals surface area contributed by atoms with Crippen LogP contribution in [0.25, 0.3) is 11.3 Å². The third-order valence-electron chi connectivity index (χ3n) is 5.74. The Morgan fingerprint density at radius 1 is 1.16 bits per heavy atom. The molecule has 1 aliphatic rings. The maximum Gasteiger partial charge on any atom is 0.304 e. The van der Waals surface area contributed by atoms with Gasteiger partial charge in [0.15, 0.2) is 5.13 Å². The minimum Gasteiger partial charge on any atom is -0.481 e. The number of aliphatic carboxylic acids is 1. The Balaban J connectivity index is 1.71. The highest BCUT2D eigenvalue weighted by Gasteiger charge is 2.39. The Morgan fingerprint density at radius 3 is 2.59 bits per heavy atom. The predicted octanol–water partition coefficient (Wildman–Crippen LogP) is 5.80. The van der Waals surface area contributed by atoms with Gasteiger partial charge in [-0.1, -0.05) is 60.1 Å². The molecule has 1 aromatic heterocycles. The third kappa shape index (κ3) is 4.84. The van der Waals surface area contributed by atoms with E-state index < -0.39 is 24.0 Å². The number of rotatable bonds is 5. The number of halogens is 2. The molecule has 0 spiro atoms. The smallest absolute Gasteiger partial charge is 0.304 e. The fraction of sp³-hybridized carbons (Fsp3) is 0.292. The number of hydrogen-bond acceptors (Lipinski definition) is 4. The molecule has 0 radical (unpaired) electrons. The number of carbonyl (C=O) groups excluding carboxylic acids is 1. The second-order valence-electron chi connectivity index (χ2n) is 7.84. The van der Waals surface area contributed by atoms with Gasteiger partial charge in [0.05, 0.1) is 24.6 Å². The molecule has 32 heavy (non-hydrogen) atoms. The van der Waals surface area contributed by atoms with Crippen LogP contribution in [0.5, 0.6) is 0 Å². The lowest BCUT2D eigenvalue weighted by Crippen LogP contribution is -2.44. The van der Waals surface area contributed by atoms with Gasteiger partial charge in [-0.2, -0.15) is 0 Å². The van der Waals surface area contributed by atoms with Crippen molar-refractivity contribution in [1.29, 1.82) is 0 Å². The van der Waals surface area contributed by atoms with Crippen molar-refractivity contribution in [3.05, 3.63) is 70.6 Å². The van der Waals surface area contributed by atoms with E-state index in [1.54, 1.807) is 11.4 Å². The van der Waals surface area contributed by atoms with Gasteiger partial charge in [0.25, 0.3) is 0 Å². The summed E-state index contributed by atoms with van der Waals surface area (Å²) in [5.41, 5.74) is 2.16. The van der Waals surface area contributed by atoms with Crippen LogP contribution in [0, 0.1) is 5.92 Å². The first kappa shape index (κ1) is 22.4. The molecule has 1 saturated heterocycles. The highest BCUT2D eigenvalue weighted by molar-refractivity contribution is 7.14. The van der Waals surface area contributed by atoms with Crippen molar-refractivity contribution in [3.8, 4) is 11.3 Å². The van der Waals surface area contributed by atoms with Crippen LogP contribution in [-0.2, 0) is 9.59 Å². The molecule has 5 nitrogen and oxygen atoms in total. The molecule has 0 aliphatic carbocycles. The summed E-state index contributed by atoms with van der Waals surface area (Å²) in [5, 5.41) is 12.2. The van der Waals surface area contributed by atoms with Crippen LogP contribution in [0.15, 0.2) is 60.0 Å². The van der Waals surface area contributed by atoms with Crippen LogP contribution in [0.1, 0.15) is 30.7 Å². The second-order valence-corrected chi connectivity index (χ2v) is 9.08. The average molecular weight is 473 g/mol. The van der Waals surface area contributed by atoms with Gasteiger partial charge >= 0.3 is 5.97 Å². The standard InChI is InChI=1S/C24H22ClFN2O3S/c25-20-9-5-4-8-18(20)21-14-32-24(27-21)28-13-16(26)10-11-17(15-6-2-1-3-7-15)19(23(28)31)12-22(29)30/h1-9,14,16-17,19H,10-13H2,(H,29,30). The number of aromatic nitrogens is 1. The molecule has 2 aromatic carbocycles. The highest BCUT2D eigenvalue weighted by Crippen LogP contribution is 2.39. The van der Waals surface area contributed by atoms with Crippen LogP contribution < -0.4 is 4.90 Å². The van der Waals surface area contributed by atoms with E-state index >= 15 is 0 Å². The van der Waals surface area contributed by atoms with E-state index in [-0.39, 0.29) is 25.3 Å². The lowest BCUT2D eigenvalue weighted by Gasteiger charge is -2.34. The van der Waals surface area contributed by atoms with Crippen molar-refractivity contribution < 1.29 is 19.1 Å². The molecule has 0 saturated carbocycles. The minimum atomic E-state index is -1.23. The van der Waals surface area contributed by atoms with Crippen molar-refractivity contribution >= 4 is 39.9 Å². The number of amides is 1. The lowest BCUT2D eigenvalue weighted by molar-refractivity contribution is -0.141. The molecule has 3 atom stereocenters. The Morgan fingerprint density at radius 2 is 1.88 bits per heavy atom. The third-order valence-corrected chi connectivity index (χ3v) is 6.93. The van der Waals surface area contributed by atoms with Crippen LogP contribution in [0.2, 0.25) is 5.02 Å². The molecular formula is C24H22ClFN2O3S. The van der Waals surface area contributed by atoms with Crippen LogP contribution in [0.3, 0.4) is 0 Å². The second kappa shape index (κ2) is 9.79. The zero-order chi connectivity index (χ0) is 22.7. The summed E-state index contributed by atoms with van der Waals surface area (Å²) in [5.74, 6) is -2.67. The molecular weight excluding hydrogens is 451 g/mol. The summed E-state index contributed by atoms with van der Waals surface area (Å²) >= 11 is 7.50. The summed E-state index contributed by atoms with van der Waals surface area (Å²) in [6.45, 7) is -0.147. The zero-order valence-electron chi connectivity index (χ0n) is 17.2. The number of hydrogen-bond donors (Lipinski definition) is 1. The van der Waals surface area contributed by atoms with E-state index in [0.29, 0.717) is 22.3 Å².